The van der Waals surface area contributed by atoms with Crippen molar-refractivity contribution in [3.63, 3.8) is 0 Å². The van der Waals surface area contributed by atoms with Crippen LogP contribution in [0.3, 0.4) is 0 Å². The van der Waals surface area contributed by atoms with Gasteiger partial charge in [0, 0.05) is 0 Å². The molecule has 1 heterocycles. The summed E-state index contributed by atoms with van der Waals surface area (Å²) in [7, 11) is 2.33. The molecule has 1 fully saturated rings. The van der Waals surface area contributed by atoms with E-state index in [1.165, 1.54) is 32.1 Å². The van der Waals surface area contributed by atoms with Gasteiger partial charge in [-0.2, -0.15) is 0 Å². The molecule has 1 aliphatic rings. The van der Waals surface area contributed by atoms with Crippen molar-refractivity contribution in [1.29, 1.82) is 0 Å². The van der Waals surface area contributed by atoms with Crippen LogP contribution >= 0.6 is 0 Å². The molecule has 0 radical (unpaired) electrons. The van der Waals surface area contributed by atoms with Crippen LogP contribution in [0.1, 0.15) is 52.9 Å². The molecule has 0 amide bonds. The number of hydrogen-bond acceptors (Lipinski definition) is 1. The van der Waals surface area contributed by atoms with E-state index < -0.39 is 0 Å². The monoisotopic (exact) mass is 241 g/mol. The van der Waals surface area contributed by atoms with Gasteiger partial charge in [-0.05, 0) is 25.8 Å². The smallest absolute Gasteiger partial charge is 0.0854 e. The zero-order chi connectivity index (χ0) is 12.7. The van der Waals surface area contributed by atoms with Crippen LogP contribution in [-0.2, 0) is 0 Å². The molecule has 17 heavy (non-hydrogen) atoms. The Morgan fingerprint density at radius 2 is 2.12 bits per heavy atom. The van der Waals surface area contributed by atoms with Crippen LogP contribution in [0.5, 0.6) is 0 Å². The first-order chi connectivity index (χ1) is 8.16. The van der Waals surface area contributed by atoms with E-state index in [0.29, 0.717) is 6.04 Å². The second kappa shape index (κ2) is 7.34. The Kier molecular flexibility index (Phi) is 6.45. The van der Waals surface area contributed by atoms with Crippen LogP contribution < -0.4 is 5.32 Å². The van der Waals surface area contributed by atoms with Gasteiger partial charge in [0.25, 0.3) is 0 Å². The van der Waals surface area contributed by atoms with Crippen molar-refractivity contribution in [1.82, 2.24) is 5.32 Å². The molecule has 1 aliphatic heterocycles. The number of quaternary nitrogens is 1. The van der Waals surface area contributed by atoms with E-state index in [0.717, 1.165) is 30.3 Å². The number of nitrogens with zero attached hydrogens (tertiary/aromatic N) is 2. The van der Waals surface area contributed by atoms with Crippen molar-refractivity contribution in [2.75, 3.05) is 26.7 Å². The normalized spacial score (nSPS) is 31.4. The van der Waals surface area contributed by atoms with Crippen LogP contribution in [0.15, 0.2) is 0 Å². The molecule has 0 saturated carbocycles. The molecule has 3 heteroatoms. The number of hydrogen-bond donors (Lipinski definition) is 1. The lowest BCUT2D eigenvalue weighted by Gasteiger charge is -2.56. The molecule has 3 nitrogen and oxygen atoms in total. The summed E-state index contributed by atoms with van der Waals surface area (Å²) in [6, 6.07) is 1.37. The van der Waals surface area contributed by atoms with E-state index >= 15 is 0 Å². The SMILES string of the molecule is CCCC1CCC[N-][N+]1(C)CC(CC)NCC. The molecule has 3 unspecified atom stereocenters. The highest BCUT2D eigenvalue weighted by Gasteiger charge is 2.29. The maximum atomic E-state index is 4.93. The molecule has 1 saturated heterocycles. The van der Waals surface area contributed by atoms with Crippen molar-refractivity contribution in [3.05, 3.63) is 5.43 Å². The minimum Gasteiger partial charge on any atom is -0.453 e. The van der Waals surface area contributed by atoms with Gasteiger partial charge in [0.15, 0.2) is 0 Å². The quantitative estimate of drug-likeness (QED) is 0.681. The van der Waals surface area contributed by atoms with Crippen LogP contribution in [0, 0.1) is 0 Å². The Hall–Kier alpha value is -0.120. The van der Waals surface area contributed by atoms with E-state index in [2.05, 4.69) is 33.1 Å². The molecule has 0 aromatic heterocycles. The maximum Gasteiger partial charge on any atom is 0.0854 e. The molecule has 1 rings (SSSR count). The highest BCUT2D eigenvalue weighted by molar-refractivity contribution is 4.79. The number of rotatable bonds is 7. The fourth-order valence-corrected chi connectivity index (χ4v) is 3.05. The summed E-state index contributed by atoms with van der Waals surface area (Å²) in [6.45, 7) is 10.0. The maximum absolute atomic E-state index is 4.93. The Morgan fingerprint density at radius 3 is 2.71 bits per heavy atom. The fraction of sp³-hybridized carbons (Fsp3) is 1.00. The first-order valence-electron chi connectivity index (χ1n) is 7.43. The topological polar surface area (TPSA) is 26.1 Å². The van der Waals surface area contributed by atoms with E-state index in [9.17, 15) is 0 Å². The molecule has 0 aromatic rings. The molecule has 0 aliphatic carbocycles. The molecule has 3 atom stereocenters. The van der Waals surface area contributed by atoms with Gasteiger partial charge in [-0.25, -0.2) is 0 Å². The molecule has 0 bridgehead atoms. The summed E-state index contributed by atoms with van der Waals surface area (Å²) in [4.78, 5) is 0. The predicted molar refractivity (Wildman–Crippen MR) is 75.0 cm³/mol. The van der Waals surface area contributed by atoms with Crippen molar-refractivity contribution in [2.24, 2.45) is 0 Å². The first-order valence-corrected chi connectivity index (χ1v) is 7.43. The molecular formula is C14H31N3. The van der Waals surface area contributed by atoms with Gasteiger partial charge in [-0.3, -0.25) is 0 Å². The minimum atomic E-state index is 0.617. The second-order valence-electron chi connectivity index (χ2n) is 5.51. The lowest BCUT2D eigenvalue weighted by Crippen LogP contribution is -2.57. The van der Waals surface area contributed by atoms with Crippen LogP contribution in [0.2, 0.25) is 0 Å². The highest BCUT2D eigenvalue weighted by atomic mass is 15.7. The summed E-state index contributed by atoms with van der Waals surface area (Å²) >= 11 is 0. The zero-order valence-electron chi connectivity index (χ0n) is 12.2. The Balaban J connectivity index is 2.60. The largest absolute Gasteiger partial charge is 0.453 e. The summed E-state index contributed by atoms with van der Waals surface area (Å²) in [5.74, 6) is 0. The fourth-order valence-electron chi connectivity index (χ4n) is 3.05. The van der Waals surface area contributed by atoms with Crippen LogP contribution in [-0.4, -0.2) is 43.4 Å². The third-order valence-electron chi connectivity index (χ3n) is 4.10. The molecular weight excluding hydrogens is 210 g/mol. The lowest BCUT2D eigenvalue weighted by molar-refractivity contribution is -0.905. The van der Waals surface area contributed by atoms with Gasteiger partial charge < -0.3 is 15.3 Å². The summed E-state index contributed by atoms with van der Waals surface area (Å²) in [6.07, 6.45) is 6.46. The average molecular weight is 241 g/mol. The minimum absolute atomic E-state index is 0.617. The van der Waals surface area contributed by atoms with Crippen molar-refractivity contribution in [2.45, 2.75) is 65.0 Å². The second-order valence-corrected chi connectivity index (χ2v) is 5.51. The van der Waals surface area contributed by atoms with Gasteiger partial charge in [0.2, 0.25) is 0 Å². The Bertz CT molecular complexity index is 206. The highest BCUT2D eigenvalue weighted by Crippen LogP contribution is 2.30. The van der Waals surface area contributed by atoms with Gasteiger partial charge in [-0.1, -0.05) is 33.6 Å². The Labute approximate surface area is 108 Å². The van der Waals surface area contributed by atoms with E-state index in [1.807, 2.05) is 0 Å². The van der Waals surface area contributed by atoms with E-state index in [-0.39, 0.29) is 0 Å². The number of likely N-dealkylation sites (N-methyl/N-ethyl adjacent to an activating group) is 2. The third kappa shape index (κ3) is 4.23. The Morgan fingerprint density at radius 1 is 1.35 bits per heavy atom. The van der Waals surface area contributed by atoms with Crippen molar-refractivity contribution >= 4 is 0 Å². The van der Waals surface area contributed by atoms with E-state index in [4.69, 9.17) is 5.43 Å². The standard InChI is InChI=1S/C14H31N3/c1-5-9-14-10-8-11-16-17(14,4)12-13(6-2)15-7-3/h13-15H,5-12H2,1-4H3. The predicted octanol–water partition coefficient (Wildman–Crippen LogP) is 3.07. The van der Waals surface area contributed by atoms with Crippen LogP contribution in [0.4, 0.5) is 0 Å². The van der Waals surface area contributed by atoms with Gasteiger partial charge in [-0.15, -0.1) is 6.54 Å². The molecule has 0 aromatic carbocycles. The summed E-state index contributed by atoms with van der Waals surface area (Å²) in [5.41, 5.74) is 4.93. The molecule has 102 valence electrons. The molecule has 1 N–H and O–H groups in total. The lowest BCUT2D eigenvalue weighted by atomic mass is 10.0. The molecule has 0 spiro atoms. The zero-order valence-corrected chi connectivity index (χ0v) is 12.2. The first kappa shape index (κ1) is 14.9. The number of nitrogens with one attached hydrogen (secondary N) is 1. The van der Waals surface area contributed by atoms with Crippen molar-refractivity contribution in [3.8, 4) is 0 Å². The third-order valence-corrected chi connectivity index (χ3v) is 4.10. The van der Waals surface area contributed by atoms with Gasteiger partial charge in [0.05, 0.1) is 25.7 Å². The van der Waals surface area contributed by atoms with E-state index in [1.54, 1.807) is 0 Å². The van der Waals surface area contributed by atoms with Gasteiger partial charge in [0.1, 0.15) is 0 Å². The summed E-state index contributed by atoms with van der Waals surface area (Å²) in [5, 5.41) is 3.59. The summed E-state index contributed by atoms with van der Waals surface area (Å²) < 4.78 is 0.944. The van der Waals surface area contributed by atoms with Crippen molar-refractivity contribution < 1.29 is 4.59 Å². The van der Waals surface area contributed by atoms with Crippen LogP contribution in [0.25, 0.3) is 5.43 Å². The van der Waals surface area contributed by atoms with Gasteiger partial charge >= 0.3 is 0 Å². The average Bonchev–Trinajstić information content (AvgIpc) is 2.32.